The lowest BCUT2D eigenvalue weighted by Crippen LogP contribution is -2.40. The Bertz CT molecular complexity index is 581. The third-order valence-electron chi connectivity index (χ3n) is 4.54. The fraction of sp³-hybridized carbons (Fsp3) is 0.529. The van der Waals surface area contributed by atoms with Crippen LogP contribution in [0.3, 0.4) is 0 Å². The van der Waals surface area contributed by atoms with Gasteiger partial charge in [-0.3, -0.25) is 14.5 Å². The first-order chi connectivity index (χ1) is 10.4. The number of aromatic nitrogens is 1. The van der Waals surface area contributed by atoms with Gasteiger partial charge in [-0.05, 0) is 45.8 Å². The molecular formula is C17H25N3O2. The Hall–Kier alpha value is -1.88. The van der Waals surface area contributed by atoms with E-state index in [4.69, 9.17) is 5.73 Å². The summed E-state index contributed by atoms with van der Waals surface area (Å²) in [4.78, 5) is 25.8. The topological polar surface area (TPSA) is 68.3 Å². The van der Waals surface area contributed by atoms with E-state index >= 15 is 0 Å². The molecule has 120 valence electrons. The summed E-state index contributed by atoms with van der Waals surface area (Å²) in [6.07, 6.45) is 3.33. The van der Waals surface area contributed by atoms with Crippen LogP contribution in [0, 0.1) is 19.8 Å². The minimum absolute atomic E-state index is 0.0380. The molecule has 1 aromatic heterocycles. The molecule has 0 aliphatic carbocycles. The predicted molar refractivity (Wildman–Crippen MR) is 86.8 cm³/mol. The van der Waals surface area contributed by atoms with E-state index in [0.29, 0.717) is 6.54 Å². The number of piperidine rings is 1. The van der Waals surface area contributed by atoms with E-state index in [1.807, 2.05) is 26.0 Å². The van der Waals surface area contributed by atoms with Crippen LogP contribution in [0.15, 0.2) is 18.7 Å². The number of Topliss-reactive ketones (excluding diaryl/α,β-unsaturated/α-hetero) is 1. The van der Waals surface area contributed by atoms with Crippen LogP contribution in [-0.4, -0.2) is 40.8 Å². The second kappa shape index (κ2) is 6.92. The molecule has 0 bridgehead atoms. The number of carbonyl (C=O) groups is 2. The summed E-state index contributed by atoms with van der Waals surface area (Å²) < 4.78 is 2.10. The molecule has 0 aromatic carbocycles. The fourth-order valence-corrected chi connectivity index (χ4v) is 3.16. The van der Waals surface area contributed by atoms with Gasteiger partial charge in [0.15, 0.2) is 5.78 Å². The number of nitrogens with zero attached hydrogens (tertiary/aromatic N) is 2. The molecule has 1 aliphatic rings. The summed E-state index contributed by atoms with van der Waals surface area (Å²) in [6.45, 7) is 10.4. The Morgan fingerprint density at radius 1 is 1.36 bits per heavy atom. The number of allylic oxidation sites excluding steroid dienone is 1. The van der Waals surface area contributed by atoms with Gasteiger partial charge in [0, 0.05) is 29.4 Å². The predicted octanol–water partition coefficient (Wildman–Crippen LogP) is 1.67. The highest BCUT2D eigenvalue weighted by molar-refractivity contribution is 5.99. The highest BCUT2D eigenvalue weighted by Crippen LogP contribution is 2.19. The number of carbonyl (C=O) groups excluding carboxylic acids is 2. The number of likely N-dealkylation sites (tertiary alicyclic amines) is 1. The number of ketones is 1. The molecule has 0 saturated carbocycles. The molecule has 1 aromatic rings. The Morgan fingerprint density at radius 3 is 2.55 bits per heavy atom. The summed E-state index contributed by atoms with van der Waals surface area (Å²) in [6, 6.07) is 1.96. The average Bonchev–Trinajstić information content (AvgIpc) is 2.76. The molecule has 2 rings (SSSR count). The first-order valence-corrected chi connectivity index (χ1v) is 7.76. The normalized spacial score (nSPS) is 16.6. The van der Waals surface area contributed by atoms with Gasteiger partial charge in [0.25, 0.3) is 0 Å². The minimum Gasteiger partial charge on any atom is -0.369 e. The summed E-state index contributed by atoms with van der Waals surface area (Å²) in [5.74, 6) is -0.121. The van der Waals surface area contributed by atoms with Crippen LogP contribution in [0.25, 0.3) is 0 Å². The van der Waals surface area contributed by atoms with Gasteiger partial charge in [0.1, 0.15) is 0 Å². The number of aryl methyl sites for hydroxylation is 1. The maximum absolute atomic E-state index is 12.5. The van der Waals surface area contributed by atoms with Crippen LogP contribution in [0.2, 0.25) is 0 Å². The average molecular weight is 303 g/mol. The molecule has 0 spiro atoms. The summed E-state index contributed by atoms with van der Waals surface area (Å²) in [5.41, 5.74) is 8.20. The lowest BCUT2D eigenvalue weighted by Gasteiger charge is -2.29. The monoisotopic (exact) mass is 303 g/mol. The molecule has 1 amide bonds. The molecule has 5 nitrogen and oxygen atoms in total. The zero-order chi connectivity index (χ0) is 16.3. The van der Waals surface area contributed by atoms with Crippen molar-refractivity contribution in [2.24, 2.45) is 11.7 Å². The van der Waals surface area contributed by atoms with E-state index in [1.54, 1.807) is 0 Å². The van der Waals surface area contributed by atoms with Crippen molar-refractivity contribution in [2.45, 2.75) is 33.2 Å². The van der Waals surface area contributed by atoms with Gasteiger partial charge < -0.3 is 10.3 Å². The first kappa shape index (κ1) is 16.5. The standard InChI is InChI=1S/C17H25N3O2/c1-4-7-20-12(2)10-15(13(20)3)16(21)11-19-8-5-14(6-9-19)17(18)22/h4,10,14H,1,5-9,11H2,2-3H3,(H2,18,22). The molecule has 1 saturated heterocycles. The van der Waals surface area contributed by atoms with E-state index in [-0.39, 0.29) is 17.6 Å². The molecule has 1 aliphatic heterocycles. The number of primary amides is 1. The SMILES string of the molecule is C=CCn1c(C)cc(C(=O)CN2CCC(C(N)=O)CC2)c1C. The molecule has 2 heterocycles. The third kappa shape index (κ3) is 3.47. The van der Waals surface area contributed by atoms with Crippen LogP contribution in [0.1, 0.15) is 34.6 Å². The third-order valence-corrected chi connectivity index (χ3v) is 4.54. The minimum atomic E-state index is -0.223. The van der Waals surface area contributed by atoms with Gasteiger partial charge in [-0.2, -0.15) is 0 Å². The van der Waals surface area contributed by atoms with Crippen molar-refractivity contribution in [2.75, 3.05) is 19.6 Å². The molecule has 0 atom stereocenters. The molecule has 1 fully saturated rings. The molecular weight excluding hydrogens is 278 g/mol. The Kier molecular flexibility index (Phi) is 5.19. The van der Waals surface area contributed by atoms with Gasteiger partial charge in [-0.25, -0.2) is 0 Å². The lowest BCUT2D eigenvalue weighted by molar-refractivity contribution is -0.123. The van der Waals surface area contributed by atoms with Gasteiger partial charge >= 0.3 is 0 Å². The lowest BCUT2D eigenvalue weighted by atomic mass is 9.96. The number of rotatable bonds is 6. The van der Waals surface area contributed by atoms with Crippen molar-refractivity contribution < 1.29 is 9.59 Å². The van der Waals surface area contributed by atoms with Gasteiger partial charge in [-0.1, -0.05) is 6.08 Å². The second-order valence-corrected chi connectivity index (χ2v) is 6.06. The van der Waals surface area contributed by atoms with Gasteiger partial charge in [-0.15, -0.1) is 6.58 Å². The van der Waals surface area contributed by atoms with Crippen LogP contribution >= 0.6 is 0 Å². The molecule has 5 heteroatoms. The number of amides is 1. The second-order valence-electron chi connectivity index (χ2n) is 6.06. The number of nitrogens with two attached hydrogens (primary N) is 1. The van der Waals surface area contributed by atoms with E-state index in [2.05, 4.69) is 16.0 Å². The Labute approximate surface area is 131 Å². The highest BCUT2D eigenvalue weighted by atomic mass is 16.1. The van der Waals surface area contributed by atoms with E-state index in [9.17, 15) is 9.59 Å². The summed E-state index contributed by atoms with van der Waals surface area (Å²) in [7, 11) is 0. The maximum atomic E-state index is 12.5. The number of hydrogen-bond donors (Lipinski definition) is 1. The Balaban J connectivity index is 2.00. The molecule has 2 N–H and O–H groups in total. The van der Waals surface area contributed by atoms with Gasteiger partial charge in [0.05, 0.1) is 6.54 Å². The first-order valence-electron chi connectivity index (χ1n) is 7.76. The zero-order valence-corrected chi connectivity index (χ0v) is 13.5. The van der Waals surface area contributed by atoms with Crippen molar-refractivity contribution in [3.63, 3.8) is 0 Å². The largest absolute Gasteiger partial charge is 0.369 e. The van der Waals surface area contributed by atoms with Crippen molar-refractivity contribution in [1.82, 2.24) is 9.47 Å². The van der Waals surface area contributed by atoms with Crippen LogP contribution in [0.5, 0.6) is 0 Å². The van der Waals surface area contributed by atoms with Crippen molar-refractivity contribution >= 4 is 11.7 Å². The van der Waals surface area contributed by atoms with Crippen LogP contribution < -0.4 is 5.73 Å². The summed E-state index contributed by atoms with van der Waals surface area (Å²) >= 11 is 0. The Morgan fingerprint density at radius 2 is 2.00 bits per heavy atom. The zero-order valence-electron chi connectivity index (χ0n) is 13.5. The van der Waals surface area contributed by atoms with Crippen LogP contribution in [0.4, 0.5) is 0 Å². The van der Waals surface area contributed by atoms with Gasteiger partial charge in [0.2, 0.25) is 5.91 Å². The fourth-order valence-electron chi connectivity index (χ4n) is 3.16. The van der Waals surface area contributed by atoms with Crippen molar-refractivity contribution in [3.8, 4) is 0 Å². The van der Waals surface area contributed by atoms with E-state index in [1.165, 1.54) is 0 Å². The molecule has 22 heavy (non-hydrogen) atoms. The van der Waals surface area contributed by atoms with Crippen molar-refractivity contribution in [3.05, 3.63) is 35.7 Å². The van der Waals surface area contributed by atoms with Crippen LogP contribution in [-0.2, 0) is 11.3 Å². The summed E-state index contributed by atoms with van der Waals surface area (Å²) in [5, 5.41) is 0. The van der Waals surface area contributed by atoms with E-state index in [0.717, 1.165) is 49.4 Å². The maximum Gasteiger partial charge on any atom is 0.220 e. The molecule has 0 radical (unpaired) electrons. The number of hydrogen-bond acceptors (Lipinski definition) is 3. The molecule has 0 unspecified atom stereocenters. The smallest absolute Gasteiger partial charge is 0.220 e. The highest BCUT2D eigenvalue weighted by Gasteiger charge is 2.25. The quantitative estimate of drug-likeness (QED) is 0.642. The van der Waals surface area contributed by atoms with E-state index < -0.39 is 0 Å². The van der Waals surface area contributed by atoms with Crippen molar-refractivity contribution in [1.29, 1.82) is 0 Å².